The summed E-state index contributed by atoms with van der Waals surface area (Å²) in [7, 11) is -3.59. The lowest BCUT2D eigenvalue weighted by molar-refractivity contribution is 0.592. The molecule has 2 aromatic rings. The standard InChI is InChI=1S/C17H20N2O2S/c1-2-14-9-11-16(12-10-14)18-22(20,21)19-13-5-7-15-6-3-4-8-17(15)19/h3-4,6,8-12,18H,2,5,7,13H2,1H3. The summed E-state index contributed by atoms with van der Waals surface area (Å²) in [6.07, 6.45) is 2.70. The van der Waals surface area contributed by atoms with E-state index in [4.69, 9.17) is 0 Å². The van der Waals surface area contributed by atoms with E-state index >= 15 is 0 Å². The molecule has 0 saturated heterocycles. The maximum Gasteiger partial charge on any atom is 0.323 e. The van der Waals surface area contributed by atoms with Crippen molar-refractivity contribution in [2.24, 2.45) is 0 Å². The summed E-state index contributed by atoms with van der Waals surface area (Å²) in [5, 5.41) is 0. The molecule has 0 fully saturated rings. The quantitative estimate of drug-likeness (QED) is 0.940. The molecule has 116 valence electrons. The first-order valence-electron chi connectivity index (χ1n) is 7.57. The number of nitrogens with zero attached hydrogens (tertiary/aromatic N) is 1. The Bertz CT molecular complexity index is 754. The zero-order valence-corrected chi connectivity index (χ0v) is 13.4. The highest BCUT2D eigenvalue weighted by Gasteiger charge is 2.27. The first-order chi connectivity index (χ1) is 10.6. The highest BCUT2D eigenvalue weighted by molar-refractivity contribution is 7.94. The van der Waals surface area contributed by atoms with Gasteiger partial charge in [-0.15, -0.1) is 0 Å². The normalized spacial score (nSPS) is 14.5. The number of hydrogen-bond donors (Lipinski definition) is 1. The van der Waals surface area contributed by atoms with Crippen LogP contribution in [-0.4, -0.2) is 15.0 Å². The minimum Gasteiger partial charge on any atom is -0.267 e. The van der Waals surface area contributed by atoms with Gasteiger partial charge in [0.15, 0.2) is 0 Å². The predicted octanol–water partition coefficient (Wildman–Crippen LogP) is 3.36. The van der Waals surface area contributed by atoms with Gasteiger partial charge in [0, 0.05) is 6.54 Å². The van der Waals surface area contributed by atoms with E-state index < -0.39 is 10.2 Å². The van der Waals surface area contributed by atoms with Crippen LogP contribution >= 0.6 is 0 Å². The van der Waals surface area contributed by atoms with Gasteiger partial charge in [-0.1, -0.05) is 37.3 Å². The average molecular weight is 316 g/mol. The van der Waals surface area contributed by atoms with Crippen LogP contribution in [0.4, 0.5) is 11.4 Å². The molecular formula is C17H20N2O2S. The number of nitrogens with one attached hydrogen (secondary N) is 1. The van der Waals surface area contributed by atoms with Gasteiger partial charge < -0.3 is 0 Å². The Balaban J connectivity index is 1.87. The topological polar surface area (TPSA) is 49.4 Å². The molecule has 0 bridgehead atoms. The number of rotatable bonds is 4. The van der Waals surface area contributed by atoms with E-state index in [1.165, 1.54) is 9.87 Å². The van der Waals surface area contributed by atoms with Crippen LogP contribution in [-0.2, 0) is 23.1 Å². The Morgan fingerprint density at radius 2 is 1.82 bits per heavy atom. The molecule has 1 aliphatic heterocycles. The predicted molar refractivity (Wildman–Crippen MR) is 90.5 cm³/mol. The Morgan fingerprint density at radius 1 is 1.09 bits per heavy atom. The summed E-state index contributed by atoms with van der Waals surface area (Å²) in [5.41, 5.74) is 3.65. The van der Waals surface area contributed by atoms with Crippen molar-refractivity contribution in [3.8, 4) is 0 Å². The van der Waals surface area contributed by atoms with Crippen molar-refractivity contribution in [3.63, 3.8) is 0 Å². The number of fused-ring (bicyclic) bond motifs is 1. The maximum absolute atomic E-state index is 12.7. The first-order valence-corrected chi connectivity index (χ1v) is 9.01. The largest absolute Gasteiger partial charge is 0.323 e. The fraction of sp³-hybridized carbons (Fsp3) is 0.294. The summed E-state index contributed by atoms with van der Waals surface area (Å²) in [6.45, 7) is 2.59. The average Bonchev–Trinajstić information content (AvgIpc) is 2.54. The second-order valence-corrected chi connectivity index (χ2v) is 7.06. The van der Waals surface area contributed by atoms with Crippen LogP contribution in [0.5, 0.6) is 0 Å². The zero-order chi connectivity index (χ0) is 15.6. The molecule has 4 nitrogen and oxygen atoms in total. The van der Waals surface area contributed by atoms with E-state index in [-0.39, 0.29) is 0 Å². The van der Waals surface area contributed by atoms with Crippen LogP contribution in [0.15, 0.2) is 48.5 Å². The SMILES string of the molecule is CCc1ccc(NS(=O)(=O)N2CCCc3ccccc32)cc1. The van der Waals surface area contributed by atoms with Crippen molar-refractivity contribution in [2.45, 2.75) is 26.2 Å². The summed E-state index contributed by atoms with van der Waals surface area (Å²) in [5.74, 6) is 0. The number of anilines is 2. The Kier molecular flexibility index (Phi) is 4.07. The van der Waals surface area contributed by atoms with Crippen molar-refractivity contribution < 1.29 is 8.42 Å². The molecule has 1 N–H and O–H groups in total. The molecule has 0 saturated carbocycles. The van der Waals surface area contributed by atoms with Crippen molar-refractivity contribution in [1.29, 1.82) is 0 Å². The van der Waals surface area contributed by atoms with Gasteiger partial charge >= 0.3 is 10.2 Å². The van der Waals surface area contributed by atoms with Crippen LogP contribution < -0.4 is 9.03 Å². The third kappa shape index (κ3) is 2.95. The molecule has 0 amide bonds. The fourth-order valence-corrected chi connectivity index (χ4v) is 4.11. The maximum atomic E-state index is 12.7. The lowest BCUT2D eigenvalue weighted by Crippen LogP contribution is -2.39. The summed E-state index contributed by atoms with van der Waals surface area (Å²) in [4.78, 5) is 0. The Morgan fingerprint density at radius 3 is 2.55 bits per heavy atom. The van der Waals surface area contributed by atoms with E-state index in [1.54, 1.807) is 0 Å². The molecule has 1 aliphatic rings. The Labute approximate surface area is 132 Å². The van der Waals surface area contributed by atoms with Crippen molar-refractivity contribution in [3.05, 3.63) is 59.7 Å². The van der Waals surface area contributed by atoms with E-state index in [2.05, 4.69) is 11.6 Å². The highest BCUT2D eigenvalue weighted by Crippen LogP contribution is 2.29. The zero-order valence-electron chi connectivity index (χ0n) is 12.6. The number of para-hydroxylation sites is 1. The molecule has 22 heavy (non-hydrogen) atoms. The molecule has 0 atom stereocenters. The van der Waals surface area contributed by atoms with Crippen molar-refractivity contribution in [1.82, 2.24) is 0 Å². The van der Waals surface area contributed by atoms with Gasteiger partial charge in [0.2, 0.25) is 0 Å². The molecule has 3 rings (SSSR count). The van der Waals surface area contributed by atoms with Crippen LogP contribution in [0.25, 0.3) is 0 Å². The smallest absolute Gasteiger partial charge is 0.267 e. The lowest BCUT2D eigenvalue weighted by atomic mass is 10.0. The highest BCUT2D eigenvalue weighted by atomic mass is 32.2. The third-order valence-corrected chi connectivity index (χ3v) is 5.42. The van der Waals surface area contributed by atoms with Crippen molar-refractivity contribution >= 4 is 21.6 Å². The number of aryl methyl sites for hydroxylation is 2. The van der Waals surface area contributed by atoms with Crippen LogP contribution in [0.1, 0.15) is 24.5 Å². The van der Waals surface area contributed by atoms with E-state index in [1.807, 2.05) is 48.5 Å². The second-order valence-electron chi connectivity index (χ2n) is 5.46. The third-order valence-electron chi connectivity index (χ3n) is 3.97. The fourth-order valence-electron chi connectivity index (χ4n) is 2.76. The van der Waals surface area contributed by atoms with E-state index in [9.17, 15) is 8.42 Å². The monoisotopic (exact) mass is 316 g/mol. The van der Waals surface area contributed by atoms with Crippen LogP contribution in [0.3, 0.4) is 0 Å². The molecule has 2 aromatic carbocycles. The van der Waals surface area contributed by atoms with Gasteiger partial charge in [0.05, 0.1) is 11.4 Å². The molecular weight excluding hydrogens is 296 g/mol. The molecule has 0 aliphatic carbocycles. The second kappa shape index (κ2) is 6.01. The molecule has 0 radical (unpaired) electrons. The Hall–Kier alpha value is -2.01. The van der Waals surface area contributed by atoms with E-state index in [0.29, 0.717) is 12.2 Å². The van der Waals surface area contributed by atoms with Crippen LogP contribution in [0.2, 0.25) is 0 Å². The van der Waals surface area contributed by atoms with Gasteiger partial charge in [-0.25, -0.2) is 0 Å². The van der Waals surface area contributed by atoms with Gasteiger partial charge in [-0.3, -0.25) is 9.03 Å². The molecule has 0 unspecified atom stereocenters. The van der Waals surface area contributed by atoms with Crippen LogP contribution in [0, 0.1) is 0 Å². The van der Waals surface area contributed by atoms with Gasteiger partial charge in [-0.05, 0) is 48.6 Å². The summed E-state index contributed by atoms with van der Waals surface area (Å²) < 4.78 is 29.5. The minimum absolute atomic E-state index is 0.513. The van der Waals surface area contributed by atoms with E-state index in [0.717, 1.165) is 30.5 Å². The summed E-state index contributed by atoms with van der Waals surface area (Å²) in [6, 6.07) is 15.2. The summed E-state index contributed by atoms with van der Waals surface area (Å²) >= 11 is 0. The first kappa shape index (κ1) is 14.9. The number of hydrogen-bond acceptors (Lipinski definition) is 2. The molecule has 1 heterocycles. The molecule has 0 aromatic heterocycles. The molecule has 0 spiro atoms. The van der Waals surface area contributed by atoms with Gasteiger partial charge in [-0.2, -0.15) is 8.42 Å². The van der Waals surface area contributed by atoms with Gasteiger partial charge in [0.25, 0.3) is 0 Å². The minimum atomic E-state index is -3.59. The molecule has 5 heteroatoms. The van der Waals surface area contributed by atoms with Crippen molar-refractivity contribution in [2.75, 3.05) is 15.6 Å². The lowest BCUT2D eigenvalue weighted by Gasteiger charge is -2.30. The van der Waals surface area contributed by atoms with Gasteiger partial charge in [0.1, 0.15) is 0 Å². The number of benzene rings is 2.